The van der Waals surface area contributed by atoms with E-state index in [0.717, 1.165) is 25.7 Å². The summed E-state index contributed by atoms with van der Waals surface area (Å²) in [7, 11) is 3.05. The Bertz CT molecular complexity index is 1490. The number of rotatable bonds is 6. The van der Waals surface area contributed by atoms with E-state index in [1.165, 1.54) is 19.0 Å². The van der Waals surface area contributed by atoms with Gasteiger partial charge < -0.3 is 20.3 Å². The van der Waals surface area contributed by atoms with E-state index in [0.29, 0.717) is 11.1 Å². The number of hydrogen-bond acceptors (Lipinski definition) is 10. The van der Waals surface area contributed by atoms with Crippen LogP contribution in [-0.4, -0.2) is 88.5 Å². The lowest BCUT2D eigenvalue weighted by molar-refractivity contribution is -0.205. The molecular weight excluding hydrogens is 592 g/mol. The van der Waals surface area contributed by atoms with Crippen molar-refractivity contribution < 1.29 is 43.7 Å². The Kier molecular flexibility index (Phi) is 8.83. The first-order valence-corrected chi connectivity index (χ1v) is 16.4. The molecular formula is C35H46N2O9. The van der Waals surface area contributed by atoms with Crippen LogP contribution in [0.2, 0.25) is 0 Å². The number of aromatic hydroxyl groups is 1. The van der Waals surface area contributed by atoms with Gasteiger partial charge in [-0.05, 0) is 55.3 Å². The van der Waals surface area contributed by atoms with Gasteiger partial charge in [0.2, 0.25) is 5.91 Å². The average molecular weight is 639 g/mol. The molecule has 0 bridgehead atoms. The number of phenolic OH excluding ortho intramolecular Hbond substituents is 1. The van der Waals surface area contributed by atoms with Gasteiger partial charge in [-0.1, -0.05) is 59.6 Å². The molecule has 3 fully saturated rings. The summed E-state index contributed by atoms with van der Waals surface area (Å²) in [5, 5.41) is 26.5. The number of carbonyl (C=O) groups excluding carboxylic acids is 6. The highest BCUT2D eigenvalue weighted by Crippen LogP contribution is 2.56. The topological polar surface area (TPSA) is 167 Å². The number of ketones is 4. The highest BCUT2D eigenvalue weighted by Gasteiger charge is 2.74. The monoisotopic (exact) mass is 638 g/mol. The molecule has 46 heavy (non-hydrogen) atoms. The zero-order valence-corrected chi connectivity index (χ0v) is 27.7. The number of nitrogens with zero attached hydrogens (tertiary/aromatic N) is 1. The summed E-state index contributed by atoms with van der Waals surface area (Å²) in [6, 6.07) is 2.06. The van der Waals surface area contributed by atoms with E-state index in [2.05, 4.69) is 5.32 Å². The molecule has 0 spiro atoms. The van der Waals surface area contributed by atoms with Crippen molar-refractivity contribution in [3.8, 4) is 5.75 Å². The summed E-state index contributed by atoms with van der Waals surface area (Å²) < 4.78 is 5.93. The fourth-order valence-corrected chi connectivity index (χ4v) is 8.49. The molecule has 0 saturated heterocycles. The number of amides is 1. The Balaban J connectivity index is 1.67. The maximum absolute atomic E-state index is 14.6. The Morgan fingerprint density at radius 2 is 1.70 bits per heavy atom. The summed E-state index contributed by atoms with van der Waals surface area (Å²) in [6.45, 7) is 9.14. The zero-order valence-electron chi connectivity index (χ0n) is 27.7. The van der Waals surface area contributed by atoms with Crippen LogP contribution in [0.5, 0.6) is 5.75 Å². The third-order valence-electron chi connectivity index (χ3n) is 10.8. The molecule has 5 rings (SSSR count). The third-order valence-corrected chi connectivity index (χ3v) is 10.8. The number of fused-ring (bicyclic) bond motifs is 3. The third kappa shape index (κ3) is 5.10. The fourth-order valence-electron chi connectivity index (χ4n) is 8.49. The molecule has 250 valence electrons. The molecule has 3 saturated carbocycles. The van der Waals surface area contributed by atoms with Crippen molar-refractivity contribution in [2.45, 2.75) is 95.8 Å². The van der Waals surface area contributed by atoms with Crippen LogP contribution in [0.3, 0.4) is 0 Å². The van der Waals surface area contributed by atoms with E-state index in [1.54, 1.807) is 26.0 Å². The van der Waals surface area contributed by atoms with Gasteiger partial charge >= 0.3 is 5.97 Å². The van der Waals surface area contributed by atoms with Crippen LogP contribution in [0, 0.1) is 29.6 Å². The summed E-state index contributed by atoms with van der Waals surface area (Å²) in [5.74, 6) is -12.7. The van der Waals surface area contributed by atoms with Crippen molar-refractivity contribution in [2.24, 2.45) is 29.6 Å². The van der Waals surface area contributed by atoms with Crippen molar-refractivity contribution in [3.63, 3.8) is 0 Å². The van der Waals surface area contributed by atoms with Crippen molar-refractivity contribution in [3.05, 3.63) is 28.8 Å². The molecule has 11 nitrogen and oxygen atoms in total. The molecule has 4 aliphatic rings. The first-order valence-electron chi connectivity index (χ1n) is 16.4. The number of ether oxygens (including phenoxy) is 1. The van der Waals surface area contributed by atoms with Gasteiger partial charge in [0.15, 0.2) is 34.7 Å². The molecule has 1 aromatic carbocycles. The molecule has 3 N–H and O–H groups in total. The van der Waals surface area contributed by atoms with Crippen LogP contribution in [0.15, 0.2) is 12.1 Å². The molecule has 0 aliphatic heterocycles. The lowest BCUT2D eigenvalue weighted by atomic mass is 9.49. The minimum atomic E-state index is -3.00. The summed E-state index contributed by atoms with van der Waals surface area (Å²) in [4.78, 5) is 85.3. The first kappa shape index (κ1) is 33.9. The molecule has 2 unspecified atom stereocenters. The SMILES string of the molecule is CCC(=O)O[C@@H]1[C@@H]2C(C(=O)c3c(ccc(C(C)(C)C)c3O)[C@H]2C)C(=O)[C@@]2(O)C(=O)C(C(=O)NCC3CCCC3)C(=O)[C@H](N(C)C)[C@@H]12. The number of aliphatic hydroxyl groups is 1. The number of likely N-dealkylation sites (N-methyl/N-ethyl adjacent to an activating group) is 1. The minimum Gasteiger partial charge on any atom is -0.507 e. The lowest BCUT2D eigenvalue weighted by Crippen LogP contribution is -2.78. The highest BCUT2D eigenvalue weighted by molar-refractivity contribution is 6.32. The molecule has 0 heterocycles. The van der Waals surface area contributed by atoms with Gasteiger partial charge in [-0.3, -0.25) is 33.7 Å². The molecule has 0 aromatic heterocycles. The van der Waals surface area contributed by atoms with Crippen molar-refractivity contribution >= 4 is 35.0 Å². The predicted molar refractivity (Wildman–Crippen MR) is 166 cm³/mol. The number of benzene rings is 1. The number of hydrogen-bond donors (Lipinski definition) is 3. The minimum absolute atomic E-state index is 0.0773. The van der Waals surface area contributed by atoms with E-state index >= 15 is 0 Å². The predicted octanol–water partition coefficient (Wildman–Crippen LogP) is 2.48. The van der Waals surface area contributed by atoms with Crippen molar-refractivity contribution in [1.29, 1.82) is 0 Å². The van der Waals surface area contributed by atoms with Crippen LogP contribution in [0.25, 0.3) is 0 Å². The normalized spacial score (nSPS) is 33.0. The van der Waals surface area contributed by atoms with E-state index in [-0.39, 0.29) is 30.2 Å². The molecule has 8 atom stereocenters. The Hall–Kier alpha value is -3.44. The van der Waals surface area contributed by atoms with E-state index in [9.17, 15) is 39.0 Å². The number of carbonyl (C=O) groups is 6. The fraction of sp³-hybridized carbons (Fsp3) is 0.657. The smallest absolute Gasteiger partial charge is 0.305 e. The lowest BCUT2D eigenvalue weighted by Gasteiger charge is -2.56. The second kappa shape index (κ2) is 12.0. The van der Waals surface area contributed by atoms with Gasteiger partial charge in [-0.25, -0.2) is 0 Å². The van der Waals surface area contributed by atoms with Crippen LogP contribution in [0.1, 0.15) is 94.1 Å². The Morgan fingerprint density at radius 3 is 2.26 bits per heavy atom. The molecule has 0 radical (unpaired) electrons. The van der Waals surface area contributed by atoms with E-state index < -0.39 is 87.8 Å². The van der Waals surface area contributed by atoms with Gasteiger partial charge in [-0.15, -0.1) is 0 Å². The summed E-state index contributed by atoms with van der Waals surface area (Å²) in [5.41, 5.74) is -2.72. The molecule has 4 aliphatic carbocycles. The largest absolute Gasteiger partial charge is 0.507 e. The maximum Gasteiger partial charge on any atom is 0.305 e. The van der Waals surface area contributed by atoms with E-state index in [1.807, 2.05) is 20.8 Å². The van der Waals surface area contributed by atoms with Crippen LogP contribution < -0.4 is 5.32 Å². The highest BCUT2D eigenvalue weighted by atomic mass is 16.5. The van der Waals surface area contributed by atoms with Crippen LogP contribution in [-0.2, 0) is 34.1 Å². The van der Waals surface area contributed by atoms with Gasteiger partial charge in [0.05, 0.1) is 23.4 Å². The van der Waals surface area contributed by atoms with Crippen molar-refractivity contribution in [2.75, 3.05) is 20.6 Å². The van der Waals surface area contributed by atoms with Gasteiger partial charge in [0.25, 0.3) is 0 Å². The van der Waals surface area contributed by atoms with Gasteiger partial charge in [0, 0.05) is 18.9 Å². The van der Waals surface area contributed by atoms with Crippen molar-refractivity contribution in [1.82, 2.24) is 10.2 Å². The first-order chi connectivity index (χ1) is 21.5. The van der Waals surface area contributed by atoms with Crippen LogP contribution >= 0.6 is 0 Å². The maximum atomic E-state index is 14.6. The Labute approximate surface area is 269 Å². The van der Waals surface area contributed by atoms with Gasteiger partial charge in [-0.2, -0.15) is 0 Å². The summed E-state index contributed by atoms with van der Waals surface area (Å²) >= 11 is 0. The second-order valence-corrected chi connectivity index (χ2v) is 14.9. The number of esters is 1. The van der Waals surface area contributed by atoms with E-state index in [4.69, 9.17) is 4.74 Å². The summed E-state index contributed by atoms with van der Waals surface area (Å²) in [6.07, 6.45) is 2.34. The zero-order chi connectivity index (χ0) is 34.0. The van der Waals surface area contributed by atoms with Crippen LogP contribution in [0.4, 0.5) is 0 Å². The standard InChI is InChI=1S/C35H46N2O9/c1-8-20(38)46-30-21-16(2)18-13-14-19(34(3,4)5)27(39)22(18)28(40)23(21)31(42)35(45)25(30)26(37(6)7)29(41)24(32(35)43)33(44)36-15-17-11-9-10-12-17/h13-14,16-17,21,23-26,30,39,45H,8-12,15H2,1-7H3,(H,36,44)/t16-,21+,23?,24?,25+,26-,30-,35-/m1/s1. The Morgan fingerprint density at radius 1 is 1.07 bits per heavy atom. The average Bonchev–Trinajstić information content (AvgIpc) is 3.50. The molecule has 1 amide bonds. The number of nitrogens with one attached hydrogen (secondary N) is 1. The number of Topliss-reactive ketones (excluding diaryl/α,β-unsaturated/α-hetero) is 4. The number of phenols is 1. The van der Waals surface area contributed by atoms with Gasteiger partial charge in [0.1, 0.15) is 11.9 Å². The molecule has 1 aromatic rings. The second-order valence-electron chi connectivity index (χ2n) is 14.9. The quantitative estimate of drug-likeness (QED) is 0.311. The molecule has 11 heteroatoms.